The molecule has 0 amide bonds. The van der Waals surface area contributed by atoms with E-state index in [0.717, 1.165) is 17.3 Å². The van der Waals surface area contributed by atoms with Gasteiger partial charge in [-0.25, -0.2) is 0 Å². The Morgan fingerprint density at radius 1 is 1.31 bits per heavy atom. The summed E-state index contributed by atoms with van der Waals surface area (Å²) in [5, 5.41) is 4.30. The van der Waals surface area contributed by atoms with E-state index in [4.69, 9.17) is 16.3 Å². The predicted octanol–water partition coefficient (Wildman–Crippen LogP) is 3.55. The van der Waals surface area contributed by atoms with Crippen molar-refractivity contribution in [3.8, 4) is 5.75 Å². The molecule has 0 aliphatic carbocycles. The molecule has 0 unspecified atom stereocenters. The molecule has 1 heterocycles. The molecule has 1 aromatic rings. The van der Waals surface area contributed by atoms with Gasteiger partial charge in [0.25, 0.3) is 0 Å². The highest BCUT2D eigenvalue weighted by Gasteiger charge is 2.17. The van der Waals surface area contributed by atoms with Crippen LogP contribution >= 0.6 is 11.6 Å². The lowest BCUT2D eigenvalue weighted by atomic mass is 10.0. The third-order valence-electron chi connectivity index (χ3n) is 3.13. The van der Waals surface area contributed by atoms with Crippen LogP contribution in [0.1, 0.15) is 37.3 Å². The molecular weight excluding hydrogens is 222 g/mol. The van der Waals surface area contributed by atoms with Crippen LogP contribution in [0.2, 0.25) is 5.02 Å². The Labute approximate surface area is 102 Å². The Kier molecular flexibility index (Phi) is 4.08. The van der Waals surface area contributed by atoms with Gasteiger partial charge in [-0.1, -0.05) is 30.5 Å². The summed E-state index contributed by atoms with van der Waals surface area (Å²) in [6.07, 6.45) is 5.05. The molecule has 16 heavy (non-hydrogen) atoms. The second-order valence-corrected chi connectivity index (χ2v) is 4.68. The van der Waals surface area contributed by atoms with Crippen molar-refractivity contribution in [1.82, 2.24) is 5.32 Å². The quantitative estimate of drug-likeness (QED) is 0.852. The summed E-state index contributed by atoms with van der Waals surface area (Å²) >= 11 is 5.97. The molecule has 1 fully saturated rings. The molecule has 1 N–H and O–H groups in total. The average Bonchev–Trinajstić information content (AvgIpc) is 2.57. The van der Waals surface area contributed by atoms with Crippen molar-refractivity contribution in [2.24, 2.45) is 0 Å². The lowest BCUT2D eigenvalue weighted by Gasteiger charge is -2.19. The maximum absolute atomic E-state index is 5.97. The van der Waals surface area contributed by atoms with Gasteiger partial charge in [0.1, 0.15) is 5.75 Å². The molecule has 1 aromatic carbocycles. The Hall–Kier alpha value is -0.730. The average molecular weight is 240 g/mol. The molecule has 0 radical (unpaired) electrons. The first kappa shape index (κ1) is 11.7. The number of hydrogen-bond donors (Lipinski definition) is 1. The fourth-order valence-electron chi connectivity index (χ4n) is 2.27. The number of methoxy groups -OCH3 is 1. The van der Waals surface area contributed by atoms with Crippen molar-refractivity contribution in [2.75, 3.05) is 13.7 Å². The molecule has 0 aromatic heterocycles. The van der Waals surface area contributed by atoms with Crippen molar-refractivity contribution in [1.29, 1.82) is 0 Å². The van der Waals surface area contributed by atoms with E-state index in [0.29, 0.717) is 6.04 Å². The van der Waals surface area contributed by atoms with E-state index in [9.17, 15) is 0 Å². The summed E-state index contributed by atoms with van der Waals surface area (Å²) in [5.74, 6) is 0.895. The molecule has 0 saturated carbocycles. The first-order chi connectivity index (χ1) is 7.81. The predicted molar refractivity (Wildman–Crippen MR) is 67.2 cm³/mol. The molecular formula is C13H18ClNO. The Bertz CT molecular complexity index is 346. The lowest BCUT2D eigenvalue weighted by Crippen LogP contribution is -2.20. The van der Waals surface area contributed by atoms with Crippen LogP contribution in [-0.4, -0.2) is 13.7 Å². The largest absolute Gasteiger partial charge is 0.496 e. The van der Waals surface area contributed by atoms with Gasteiger partial charge >= 0.3 is 0 Å². The van der Waals surface area contributed by atoms with E-state index in [1.165, 1.54) is 31.2 Å². The molecule has 2 nitrogen and oxygen atoms in total. The lowest BCUT2D eigenvalue weighted by molar-refractivity contribution is 0.398. The Morgan fingerprint density at radius 3 is 3.00 bits per heavy atom. The van der Waals surface area contributed by atoms with Crippen molar-refractivity contribution < 1.29 is 4.74 Å². The van der Waals surface area contributed by atoms with Crippen LogP contribution in [-0.2, 0) is 0 Å². The minimum atomic E-state index is 0.412. The minimum absolute atomic E-state index is 0.412. The van der Waals surface area contributed by atoms with Gasteiger partial charge in [-0.3, -0.25) is 0 Å². The Balaban J connectivity index is 2.23. The van der Waals surface area contributed by atoms with Gasteiger partial charge in [-0.05, 0) is 31.5 Å². The summed E-state index contributed by atoms with van der Waals surface area (Å²) in [6.45, 7) is 1.09. The van der Waals surface area contributed by atoms with E-state index in [1.807, 2.05) is 12.1 Å². The van der Waals surface area contributed by atoms with E-state index in [-0.39, 0.29) is 0 Å². The van der Waals surface area contributed by atoms with Gasteiger partial charge < -0.3 is 10.1 Å². The van der Waals surface area contributed by atoms with Crippen LogP contribution in [0.4, 0.5) is 0 Å². The summed E-state index contributed by atoms with van der Waals surface area (Å²) < 4.78 is 5.40. The SMILES string of the molecule is COc1cc(Cl)ccc1[C@@H]1CCCCCN1. The summed E-state index contributed by atoms with van der Waals surface area (Å²) in [5.41, 5.74) is 1.23. The van der Waals surface area contributed by atoms with Gasteiger partial charge in [-0.2, -0.15) is 0 Å². The van der Waals surface area contributed by atoms with Gasteiger partial charge in [0, 0.05) is 16.6 Å². The highest BCUT2D eigenvalue weighted by atomic mass is 35.5. The smallest absolute Gasteiger partial charge is 0.125 e. The summed E-state index contributed by atoms with van der Waals surface area (Å²) in [4.78, 5) is 0. The summed E-state index contributed by atoms with van der Waals surface area (Å²) in [6, 6.07) is 6.31. The highest BCUT2D eigenvalue weighted by Crippen LogP contribution is 2.32. The van der Waals surface area contributed by atoms with Gasteiger partial charge in [-0.15, -0.1) is 0 Å². The first-order valence-corrected chi connectivity index (χ1v) is 6.26. The van der Waals surface area contributed by atoms with E-state index >= 15 is 0 Å². The molecule has 1 saturated heterocycles. The van der Waals surface area contributed by atoms with Crippen LogP contribution in [0.5, 0.6) is 5.75 Å². The zero-order chi connectivity index (χ0) is 11.4. The van der Waals surface area contributed by atoms with Crippen LogP contribution < -0.4 is 10.1 Å². The highest BCUT2D eigenvalue weighted by molar-refractivity contribution is 6.30. The number of halogens is 1. The van der Waals surface area contributed by atoms with E-state index in [1.54, 1.807) is 7.11 Å². The molecule has 1 aliphatic heterocycles. The number of rotatable bonds is 2. The number of hydrogen-bond acceptors (Lipinski definition) is 2. The van der Waals surface area contributed by atoms with Crippen LogP contribution in [0.25, 0.3) is 0 Å². The second kappa shape index (κ2) is 5.55. The monoisotopic (exact) mass is 239 g/mol. The molecule has 3 heteroatoms. The molecule has 88 valence electrons. The molecule has 1 atom stereocenters. The van der Waals surface area contributed by atoms with E-state index < -0.39 is 0 Å². The summed E-state index contributed by atoms with van der Waals surface area (Å²) in [7, 11) is 1.70. The second-order valence-electron chi connectivity index (χ2n) is 4.24. The van der Waals surface area contributed by atoms with Crippen molar-refractivity contribution in [2.45, 2.75) is 31.7 Å². The third-order valence-corrected chi connectivity index (χ3v) is 3.37. The third kappa shape index (κ3) is 2.69. The normalized spacial score (nSPS) is 21.5. The van der Waals surface area contributed by atoms with Crippen molar-refractivity contribution >= 4 is 11.6 Å². The van der Waals surface area contributed by atoms with E-state index in [2.05, 4.69) is 11.4 Å². The maximum Gasteiger partial charge on any atom is 0.125 e. The Morgan fingerprint density at radius 2 is 2.19 bits per heavy atom. The molecule has 2 rings (SSSR count). The standard InChI is InChI=1S/C13H18ClNO/c1-16-13-9-10(14)6-7-11(13)12-5-3-2-4-8-15-12/h6-7,9,12,15H,2-5,8H2,1H3/t12-/m0/s1. The molecule has 0 spiro atoms. The van der Waals surface area contributed by atoms with Crippen molar-refractivity contribution in [3.63, 3.8) is 0 Å². The fourth-order valence-corrected chi connectivity index (χ4v) is 2.43. The maximum atomic E-state index is 5.97. The van der Waals surface area contributed by atoms with Gasteiger partial charge in [0.05, 0.1) is 7.11 Å². The molecule has 0 bridgehead atoms. The number of ether oxygens (including phenoxy) is 1. The fraction of sp³-hybridized carbons (Fsp3) is 0.538. The number of nitrogens with one attached hydrogen (secondary N) is 1. The molecule has 1 aliphatic rings. The van der Waals surface area contributed by atoms with Gasteiger partial charge in [0.15, 0.2) is 0 Å². The van der Waals surface area contributed by atoms with Gasteiger partial charge in [0.2, 0.25) is 0 Å². The van der Waals surface area contributed by atoms with Crippen LogP contribution in [0.15, 0.2) is 18.2 Å². The van der Waals surface area contributed by atoms with Crippen molar-refractivity contribution in [3.05, 3.63) is 28.8 Å². The first-order valence-electron chi connectivity index (χ1n) is 5.88. The topological polar surface area (TPSA) is 21.3 Å². The number of benzene rings is 1. The van der Waals surface area contributed by atoms with Crippen LogP contribution in [0, 0.1) is 0 Å². The minimum Gasteiger partial charge on any atom is -0.496 e. The van der Waals surface area contributed by atoms with Crippen LogP contribution in [0.3, 0.4) is 0 Å². The zero-order valence-electron chi connectivity index (χ0n) is 9.63. The zero-order valence-corrected chi connectivity index (χ0v) is 10.4.